The number of carboxylic acids is 2. The molecule has 5 nitrogen and oxygen atoms in total. The summed E-state index contributed by atoms with van der Waals surface area (Å²) in [5, 5.41) is 18.4. The van der Waals surface area contributed by atoms with Gasteiger partial charge in [0.1, 0.15) is 5.54 Å². The summed E-state index contributed by atoms with van der Waals surface area (Å²) in [4.78, 5) is 24.1. The lowest BCUT2D eigenvalue weighted by Gasteiger charge is -2.42. The fraction of sp³-hybridized carbons (Fsp3) is 0.636. The van der Waals surface area contributed by atoms with E-state index in [-0.39, 0.29) is 6.42 Å². The topological polar surface area (TPSA) is 77.8 Å². The summed E-state index contributed by atoms with van der Waals surface area (Å²) in [6.07, 6.45) is 3.64. The summed E-state index contributed by atoms with van der Waals surface area (Å²) in [5.41, 5.74) is -2.23. The van der Waals surface area contributed by atoms with E-state index in [9.17, 15) is 14.7 Å². The van der Waals surface area contributed by atoms with Gasteiger partial charge in [-0.3, -0.25) is 14.5 Å². The summed E-state index contributed by atoms with van der Waals surface area (Å²) < 4.78 is 0. The maximum Gasteiger partial charge on any atom is 0.324 e. The Kier molecular flexibility index (Phi) is 3.10. The third kappa shape index (κ3) is 1.82. The quantitative estimate of drug-likeness (QED) is 0.698. The van der Waals surface area contributed by atoms with Gasteiger partial charge in [-0.05, 0) is 33.9 Å². The minimum atomic E-state index is -1.12. The molecule has 0 aromatic carbocycles. The van der Waals surface area contributed by atoms with Crippen molar-refractivity contribution in [2.45, 2.75) is 25.3 Å². The fourth-order valence-corrected chi connectivity index (χ4v) is 2.09. The van der Waals surface area contributed by atoms with Crippen LogP contribution in [0.25, 0.3) is 0 Å². The molecule has 1 aliphatic rings. The third-order valence-corrected chi connectivity index (χ3v) is 3.34. The van der Waals surface area contributed by atoms with E-state index in [4.69, 9.17) is 5.11 Å². The maximum atomic E-state index is 11.4. The lowest BCUT2D eigenvalue weighted by atomic mass is 9.70. The van der Waals surface area contributed by atoms with Crippen molar-refractivity contribution in [2.24, 2.45) is 5.41 Å². The first-order valence-electron chi connectivity index (χ1n) is 5.06. The van der Waals surface area contributed by atoms with E-state index >= 15 is 0 Å². The SMILES string of the molecule is CN(C)C1(C(=O)O)CC=CC(C)(C(=O)O)C1. The number of hydrogen-bond donors (Lipinski definition) is 2. The Labute approximate surface area is 94.4 Å². The monoisotopic (exact) mass is 227 g/mol. The smallest absolute Gasteiger partial charge is 0.324 e. The van der Waals surface area contributed by atoms with Gasteiger partial charge in [0.15, 0.2) is 0 Å². The first-order chi connectivity index (χ1) is 7.24. The highest BCUT2D eigenvalue weighted by Gasteiger charge is 2.50. The second kappa shape index (κ2) is 3.90. The van der Waals surface area contributed by atoms with Crippen molar-refractivity contribution in [3.05, 3.63) is 12.2 Å². The van der Waals surface area contributed by atoms with E-state index in [0.717, 1.165) is 0 Å². The maximum absolute atomic E-state index is 11.4. The number of aliphatic carboxylic acids is 2. The van der Waals surface area contributed by atoms with Crippen LogP contribution in [0.5, 0.6) is 0 Å². The molecule has 1 aliphatic carbocycles. The second-order valence-electron chi connectivity index (χ2n) is 4.74. The number of carbonyl (C=O) groups is 2. The molecule has 2 atom stereocenters. The van der Waals surface area contributed by atoms with Crippen LogP contribution < -0.4 is 0 Å². The first kappa shape index (κ1) is 12.7. The van der Waals surface area contributed by atoms with Gasteiger partial charge >= 0.3 is 11.9 Å². The summed E-state index contributed by atoms with van der Waals surface area (Å²) in [6.45, 7) is 1.55. The Hall–Kier alpha value is -1.36. The third-order valence-electron chi connectivity index (χ3n) is 3.34. The molecule has 0 bridgehead atoms. The van der Waals surface area contributed by atoms with E-state index in [0.29, 0.717) is 6.42 Å². The van der Waals surface area contributed by atoms with Crippen molar-refractivity contribution in [1.82, 2.24) is 4.90 Å². The molecule has 0 spiro atoms. The largest absolute Gasteiger partial charge is 0.481 e. The Morgan fingerprint density at radius 3 is 2.19 bits per heavy atom. The molecule has 0 radical (unpaired) electrons. The summed E-state index contributed by atoms with van der Waals surface area (Å²) in [7, 11) is 3.32. The molecular formula is C11H17NO4. The Morgan fingerprint density at radius 1 is 1.25 bits per heavy atom. The van der Waals surface area contributed by atoms with E-state index in [1.54, 1.807) is 38.1 Å². The van der Waals surface area contributed by atoms with Gasteiger partial charge in [-0.25, -0.2) is 0 Å². The minimum absolute atomic E-state index is 0.0775. The molecule has 0 aliphatic heterocycles. The van der Waals surface area contributed by atoms with E-state index in [1.165, 1.54) is 0 Å². The highest BCUT2D eigenvalue weighted by molar-refractivity contribution is 5.83. The zero-order valence-electron chi connectivity index (χ0n) is 9.73. The molecule has 0 saturated heterocycles. The molecule has 0 aromatic heterocycles. The number of carboxylic acid groups (broad SMARTS) is 2. The van der Waals surface area contributed by atoms with Crippen molar-refractivity contribution in [3.8, 4) is 0 Å². The van der Waals surface area contributed by atoms with Crippen LogP contribution in [-0.2, 0) is 9.59 Å². The van der Waals surface area contributed by atoms with Crippen LogP contribution >= 0.6 is 0 Å². The lowest BCUT2D eigenvalue weighted by Crippen LogP contribution is -2.56. The molecule has 5 heteroatoms. The van der Waals surface area contributed by atoms with Gasteiger partial charge in [-0.15, -0.1) is 0 Å². The summed E-state index contributed by atoms with van der Waals surface area (Å²) in [5.74, 6) is -1.97. The molecule has 2 N–H and O–H groups in total. The van der Waals surface area contributed by atoms with E-state index < -0.39 is 22.9 Å². The second-order valence-corrected chi connectivity index (χ2v) is 4.74. The van der Waals surface area contributed by atoms with Crippen LogP contribution in [-0.4, -0.2) is 46.7 Å². The number of nitrogens with zero attached hydrogens (tertiary/aromatic N) is 1. The number of likely N-dealkylation sites (N-methyl/N-ethyl adjacent to an activating group) is 1. The number of rotatable bonds is 3. The fourth-order valence-electron chi connectivity index (χ4n) is 2.09. The van der Waals surface area contributed by atoms with Crippen LogP contribution in [0.1, 0.15) is 19.8 Å². The Bertz CT molecular complexity index is 350. The standard InChI is InChI=1S/C11H17NO4/c1-10(8(13)14)5-4-6-11(7-10,9(15)16)12(2)3/h4-5H,6-7H2,1-3H3,(H,13,14)(H,15,16). The molecule has 0 aromatic rings. The Balaban J connectivity index is 3.15. The molecule has 1 rings (SSSR count). The highest BCUT2D eigenvalue weighted by Crippen LogP contribution is 2.39. The van der Waals surface area contributed by atoms with Gasteiger partial charge in [0.2, 0.25) is 0 Å². The molecule has 2 unspecified atom stereocenters. The van der Waals surface area contributed by atoms with Gasteiger partial charge in [0, 0.05) is 0 Å². The van der Waals surface area contributed by atoms with Crippen LogP contribution in [0.4, 0.5) is 0 Å². The minimum Gasteiger partial charge on any atom is -0.481 e. The van der Waals surface area contributed by atoms with Crippen LogP contribution in [0.15, 0.2) is 12.2 Å². The van der Waals surface area contributed by atoms with Crippen molar-refractivity contribution >= 4 is 11.9 Å². The predicted octanol–water partition coefficient (Wildman–Crippen LogP) is 0.812. The molecule has 0 saturated carbocycles. The number of hydrogen-bond acceptors (Lipinski definition) is 3. The first-order valence-corrected chi connectivity index (χ1v) is 5.06. The molecule has 0 heterocycles. The summed E-state index contributed by atoms with van der Waals surface area (Å²) in [6, 6.07) is 0. The molecule has 0 fully saturated rings. The molecular weight excluding hydrogens is 210 g/mol. The van der Waals surface area contributed by atoms with Crippen LogP contribution in [0.2, 0.25) is 0 Å². The van der Waals surface area contributed by atoms with E-state index in [1.807, 2.05) is 0 Å². The highest BCUT2D eigenvalue weighted by atomic mass is 16.4. The van der Waals surface area contributed by atoms with Crippen molar-refractivity contribution in [2.75, 3.05) is 14.1 Å². The zero-order chi connectivity index (χ0) is 12.6. The lowest BCUT2D eigenvalue weighted by molar-refractivity contribution is -0.156. The van der Waals surface area contributed by atoms with Gasteiger partial charge in [0.05, 0.1) is 5.41 Å². The van der Waals surface area contributed by atoms with E-state index in [2.05, 4.69) is 0 Å². The summed E-state index contributed by atoms with van der Waals surface area (Å²) >= 11 is 0. The van der Waals surface area contributed by atoms with Gasteiger partial charge in [0.25, 0.3) is 0 Å². The molecule has 90 valence electrons. The van der Waals surface area contributed by atoms with Crippen molar-refractivity contribution < 1.29 is 19.8 Å². The van der Waals surface area contributed by atoms with Crippen molar-refractivity contribution in [3.63, 3.8) is 0 Å². The average molecular weight is 227 g/mol. The Morgan fingerprint density at radius 2 is 1.81 bits per heavy atom. The van der Waals surface area contributed by atoms with Gasteiger partial charge < -0.3 is 10.2 Å². The van der Waals surface area contributed by atoms with Crippen LogP contribution in [0.3, 0.4) is 0 Å². The predicted molar refractivity (Wildman–Crippen MR) is 58.2 cm³/mol. The van der Waals surface area contributed by atoms with Gasteiger partial charge in [-0.1, -0.05) is 12.2 Å². The molecule has 0 amide bonds. The van der Waals surface area contributed by atoms with Crippen LogP contribution in [0, 0.1) is 5.41 Å². The van der Waals surface area contributed by atoms with Crippen molar-refractivity contribution in [1.29, 1.82) is 0 Å². The normalized spacial score (nSPS) is 34.0. The van der Waals surface area contributed by atoms with Gasteiger partial charge in [-0.2, -0.15) is 0 Å². The molecule has 16 heavy (non-hydrogen) atoms. The average Bonchev–Trinajstić information content (AvgIpc) is 2.16. The zero-order valence-corrected chi connectivity index (χ0v) is 9.73.